The number of hydrogen-bond acceptors (Lipinski definition) is 4. The first-order valence-electron chi connectivity index (χ1n) is 3.92. The summed E-state index contributed by atoms with van der Waals surface area (Å²) < 4.78 is 4.41. The molecule has 1 N–H and O–H groups in total. The minimum Gasteiger partial charge on any atom is -0.372 e. The molecular weight excluding hydrogens is 202 g/mol. The molecule has 0 amide bonds. The lowest BCUT2D eigenvalue weighted by Gasteiger charge is -1.97. The highest BCUT2D eigenvalue weighted by atomic mass is 32.2. The Morgan fingerprint density at radius 1 is 1.36 bits per heavy atom. The van der Waals surface area contributed by atoms with E-state index in [1.807, 2.05) is 12.3 Å². The van der Waals surface area contributed by atoms with E-state index in [2.05, 4.69) is 9.40 Å². The van der Waals surface area contributed by atoms with Crippen LogP contribution in [0.3, 0.4) is 0 Å². The van der Waals surface area contributed by atoms with Gasteiger partial charge in [0.1, 0.15) is 0 Å². The highest BCUT2D eigenvalue weighted by Crippen LogP contribution is 2.17. The van der Waals surface area contributed by atoms with Gasteiger partial charge in [0.15, 0.2) is 0 Å². The van der Waals surface area contributed by atoms with E-state index in [1.54, 1.807) is 12.1 Å². The molecule has 5 heteroatoms. The molecule has 4 nitrogen and oxygen atoms in total. The fourth-order valence-electron chi connectivity index (χ4n) is 1.20. The van der Waals surface area contributed by atoms with E-state index in [4.69, 9.17) is 0 Å². The van der Waals surface area contributed by atoms with Gasteiger partial charge < -0.3 is 4.42 Å². The summed E-state index contributed by atoms with van der Waals surface area (Å²) in [5.41, 5.74) is -0.0938. The van der Waals surface area contributed by atoms with Crippen molar-refractivity contribution >= 4 is 22.7 Å². The van der Waals surface area contributed by atoms with Crippen molar-refractivity contribution in [2.75, 3.05) is 6.26 Å². The Bertz CT molecular complexity index is 584. The van der Waals surface area contributed by atoms with Crippen LogP contribution in [0.5, 0.6) is 0 Å². The van der Waals surface area contributed by atoms with E-state index in [-0.39, 0.29) is 0 Å². The number of H-pyrrole nitrogens is 1. The van der Waals surface area contributed by atoms with Crippen molar-refractivity contribution < 1.29 is 4.42 Å². The van der Waals surface area contributed by atoms with Crippen LogP contribution in [-0.2, 0) is 0 Å². The van der Waals surface area contributed by atoms with Gasteiger partial charge in [0.2, 0.25) is 0 Å². The number of benzene rings is 1. The largest absolute Gasteiger partial charge is 0.419 e. The average Bonchev–Trinajstić information content (AvgIpc) is 2.17. The van der Waals surface area contributed by atoms with Crippen LogP contribution in [0.25, 0.3) is 10.9 Å². The molecule has 0 aliphatic carbocycles. The molecule has 0 unspecified atom stereocenters. The summed E-state index contributed by atoms with van der Waals surface area (Å²) in [6, 6.07) is 5.23. The SMILES string of the molecule is CSc1ccc2[nH]c(=O)oc(=O)c2c1. The fraction of sp³-hybridized carbons (Fsp3) is 0.111. The van der Waals surface area contributed by atoms with Crippen LogP contribution < -0.4 is 11.4 Å². The van der Waals surface area contributed by atoms with Crippen molar-refractivity contribution in [2.24, 2.45) is 0 Å². The van der Waals surface area contributed by atoms with Gasteiger partial charge in [0.05, 0.1) is 10.9 Å². The smallest absolute Gasteiger partial charge is 0.372 e. The molecule has 2 aromatic rings. The fourth-order valence-corrected chi connectivity index (χ4v) is 1.64. The molecule has 0 aliphatic rings. The second-order valence-corrected chi connectivity index (χ2v) is 3.59. The summed E-state index contributed by atoms with van der Waals surface area (Å²) in [6.07, 6.45) is 1.91. The molecule has 14 heavy (non-hydrogen) atoms. The van der Waals surface area contributed by atoms with Gasteiger partial charge >= 0.3 is 11.4 Å². The summed E-state index contributed by atoms with van der Waals surface area (Å²) in [6.45, 7) is 0. The van der Waals surface area contributed by atoms with Crippen molar-refractivity contribution in [3.63, 3.8) is 0 Å². The lowest BCUT2D eigenvalue weighted by atomic mass is 10.2. The van der Waals surface area contributed by atoms with Crippen molar-refractivity contribution in [3.05, 3.63) is 39.2 Å². The number of thioether (sulfide) groups is 1. The average molecular weight is 209 g/mol. The van der Waals surface area contributed by atoms with Gasteiger partial charge in [-0.25, -0.2) is 9.59 Å². The zero-order valence-corrected chi connectivity index (χ0v) is 8.18. The van der Waals surface area contributed by atoms with Gasteiger partial charge in [-0.05, 0) is 24.5 Å². The van der Waals surface area contributed by atoms with Crippen molar-refractivity contribution in [3.8, 4) is 0 Å². The van der Waals surface area contributed by atoms with Crippen molar-refractivity contribution in [1.82, 2.24) is 4.98 Å². The Labute approximate surface area is 82.9 Å². The van der Waals surface area contributed by atoms with E-state index in [1.165, 1.54) is 11.8 Å². The molecule has 0 radical (unpaired) electrons. The molecule has 1 heterocycles. The third kappa shape index (κ3) is 1.46. The second-order valence-electron chi connectivity index (χ2n) is 2.71. The highest BCUT2D eigenvalue weighted by molar-refractivity contribution is 7.98. The van der Waals surface area contributed by atoms with E-state index < -0.39 is 11.4 Å². The zero-order chi connectivity index (χ0) is 10.1. The number of hydrogen-bond donors (Lipinski definition) is 1. The molecular formula is C9H7NO3S. The van der Waals surface area contributed by atoms with Gasteiger partial charge in [-0.15, -0.1) is 11.8 Å². The summed E-state index contributed by atoms with van der Waals surface area (Å²) >= 11 is 1.52. The van der Waals surface area contributed by atoms with E-state index in [0.717, 1.165) is 4.90 Å². The van der Waals surface area contributed by atoms with E-state index >= 15 is 0 Å². The van der Waals surface area contributed by atoms with Crippen molar-refractivity contribution in [2.45, 2.75) is 4.90 Å². The van der Waals surface area contributed by atoms with Crippen LogP contribution in [0, 0.1) is 0 Å². The highest BCUT2D eigenvalue weighted by Gasteiger charge is 2.02. The first-order valence-corrected chi connectivity index (χ1v) is 5.14. The molecule has 0 bridgehead atoms. The Kier molecular flexibility index (Phi) is 2.17. The van der Waals surface area contributed by atoms with Crippen LogP contribution in [0.2, 0.25) is 0 Å². The van der Waals surface area contributed by atoms with Crippen LogP contribution in [0.4, 0.5) is 0 Å². The van der Waals surface area contributed by atoms with E-state index in [0.29, 0.717) is 10.9 Å². The second kappa shape index (κ2) is 3.34. The maximum Gasteiger partial charge on any atom is 0.419 e. The number of rotatable bonds is 1. The number of fused-ring (bicyclic) bond motifs is 1. The summed E-state index contributed by atoms with van der Waals surface area (Å²) in [7, 11) is 0. The molecule has 0 spiro atoms. The molecule has 0 aliphatic heterocycles. The first kappa shape index (κ1) is 9.08. The Morgan fingerprint density at radius 2 is 2.14 bits per heavy atom. The number of nitrogens with one attached hydrogen (secondary N) is 1. The first-order chi connectivity index (χ1) is 6.70. The maximum atomic E-state index is 11.3. The summed E-state index contributed by atoms with van der Waals surface area (Å²) in [5.74, 6) is -0.723. The quantitative estimate of drug-likeness (QED) is 0.717. The molecule has 0 fully saturated rings. The van der Waals surface area contributed by atoms with Crippen LogP contribution in [0.15, 0.2) is 37.1 Å². The van der Waals surface area contributed by atoms with Crippen LogP contribution >= 0.6 is 11.8 Å². The molecule has 2 rings (SSSR count). The lowest BCUT2D eigenvalue weighted by molar-refractivity contribution is 0.460. The predicted octanol–water partition coefficient (Wildman–Crippen LogP) is 1.20. The molecule has 1 aromatic carbocycles. The molecule has 0 atom stereocenters. The normalized spacial score (nSPS) is 10.6. The monoisotopic (exact) mass is 209 g/mol. The molecule has 1 aromatic heterocycles. The lowest BCUT2D eigenvalue weighted by Crippen LogP contribution is -2.14. The molecule has 72 valence electrons. The third-order valence-electron chi connectivity index (χ3n) is 1.87. The van der Waals surface area contributed by atoms with E-state index in [9.17, 15) is 9.59 Å². The predicted molar refractivity (Wildman–Crippen MR) is 54.9 cm³/mol. The van der Waals surface area contributed by atoms with Gasteiger partial charge in [0.25, 0.3) is 0 Å². The standard InChI is InChI=1S/C9H7NO3S/c1-14-5-2-3-7-6(4-5)8(11)13-9(12)10-7/h2-4H,1H3,(H,10,12). The van der Waals surface area contributed by atoms with Gasteiger partial charge in [-0.1, -0.05) is 0 Å². The Balaban J connectivity index is 2.89. The minimum absolute atomic E-state index is 0.399. The van der Waals surface area contributed by atoms with Gasteiger partial charge in [-0.2, -0.15) is 0 Å². The molecule has 0 saturated heterocycles. The zero-order valence-electron chi connectivity index (χ0n) is 7.37. The van der Waals surface area contributed by atoms with Crippen LogP contribution in [-0.4, -0.2) is 11.2 Å². The minimum atomic E-state index is -0.723. The number of aromatic nitrogens is 1. The van der Waals surface area contributed by atoms with Gasteiger partial charge in [-0.3, -0.25) is 4.98 Å². The number of aromatic amines is 1. The Hall–Kier alpha value is -1.49. The van der Waals surface area contributed by atoms with Gasteiger partial charge in [0, 0.05) is 4.90 Å². The Morgan fingerprint density at radius 3 is 2.86 bits per heavy atom. The van der Waals surface area contributed by atoms with Crippen LogP contribution in [0.1, 0.15) is 0 Å². The summed E-state index contributed by atoms with van der Waals surface area (Å²) in [4.78, 5) is 25.5. The van der Waals surface area contributed by atoms with Crippen molar-refractivity contribution in [1.29, 1.82) is 0 Å². The topological polar surface area (TPSA) is 63.1 Å². The third-order valence-corrected chi connectivity index (χ3v) is 2.59. The maximum absolute atomic E-state index is 11.3. The molecule has 0 saturated carbocycles. The summed E-state index contributed by atoms with van der Waals surface area (Å²) in [5, 5.41) is 0.399.